The topological polar surface area (TPSA) is 72.2 Å². The Kier molecular flexibility index (Phi) is 4.66. The van der Waals surface area contributed by atoms with Gasteiger partial charge in [0.15, 0.2) is 0 Å². The Morgan fingerprint density at radius 1 is 0.931 bits per heavy atom. The molecule has 1 fully saturated rings. The van der Waals surface area contributed by atoms with Gasteiger partial charge < -0.3 is 5.32 Å². The Morgan fingerprint density at radius 2 is 1.45 bits per heavy atom. The average Bonchev–Trinajstić information content (AvgIpc) is 3.46. The van der Waals surface area contributed by atoms with Crippen LogP contribution in [0.15, 0.2) is 72.8 Å². The number of hydrogen-bond donors (Lipinski definition) is 1. The van der Waals surface area contributed by atoms with Crippen molar-refractivity contribution in [2.45, 2.75) is 25.7 Å². The molecule has 0 aromatic heterocycles. The molecule has 0 saturated heterocycles. The quantitative estimate of drug-likeness (QED) is 0.486. The molecule has 1 aliphatic rings. The van der Waals surface area contributed by atoms with Gasteiger partial charge in [0.1, 0.15) is 5.69 Å². The van der Waals surface area contributed by atoms with Crippen molar-refractivity contribution in [3.63, 3.8) is 0 Å². The summed E-state index contributed by atoms with van der Waals surface area (Å²) in [6, 6.07) is 22.8. The van der Waals surface area contributed by atoms with Crippen molar-refractivity contribution in [2.24, 2.45) is 5.92 Å². The maximum atomic E-state index is 13.1. The Balaban J connectivity index is 1.69. The molecular weight excluding hydrogens is 364 g/mol. The van der Waals surface area contributed by atoms with Crippen LogP contribution in [0.25, 0.3) is 0 Å². The summed E-state index contributed by atoms with van der Waals surface area (Å²) in [5.41, 5.74) is 4.23. The standard InChI is InChI=1S/C24H22N2O3/c1-16-7-11-18(12-8-16)24(19-13-9-17(2)10-14-19)15-20(24)23(27)25-21-5-3-4-6-22(21)26(28)29/h3-14,20H,15H2,1-2H3,(H,25,27). The molecule has 0 radical (unpaired) electrons. The third-order valence-electron chi connectivity index (χ3n) is 5.77. The molecule has 3 aromatic carbocycles. The van der Waals surface area contributed by atoms with Crippen LogP contribution < -0.4 is 5.32 Å². The fraction of sp³-hybridized carbons (Fsp3) is 0.208. The fourth-order valence-corrected chi connectivity index (χ4v) is 4.04. The van der Waals surface area contributed by atoms with Crippen molar-refractivity contribution in [2.75, 3.05) is 5.32 Å². The first-order chi connectivity index (χ1) is 13.9. The lowest BCUT2D eigenvalue weighted by Crippen LogP contribution is -2.22. The zero-order valence-corrected chi connectivity index (χ0v) is 16.4. The predicted molar refractivity (Wildman–Crippen MR) is 113 cm³/mol. The normalized spacial score (nSPS) is 16.8. The van der Waals surface area contributed by atoms with Crippen molar-refractivity contribution in [3.8, 4) is 0 Å². The van der Waals surface area contributed by atoms with Crippen molar-refractivity contribution in [1.29, 1.82) is 0 Å². The number of anilines is 1. The van der Waals surface area contributed by atoms with E-state index in [1.165, 1.54) is 6.07 Å². The first-order valence-electron chi connectivity index (χ1n) is 9.60. The van der Waals surface area contributed by atoms with Crippen LogP contribution in [0.3, 0.4) is 0 Å². The molecule has 29 heavy (non-hydrogen) atoms. The van der Waals surface area contributed by atoms with Crippen LogP contribution in [0.5, 0.6) is 0 Å². The Hall–Kier alpha value is -3.47. The molecule has 0 heterocycles. The van der Waals surface area contributed by atoms with Gasteiger partial charge in [0.05, 0.1) is 10.8 Å². The predicted octanol–water partition coefficient (Wildman–Crippen LogP) is 5.16. The molecule has 1 saturated carbocycles. The van der Waals surface area contributed by atoms with E-state index in [1.54, 1.807) is 18.2 Å². The van der Waals surface area contributed by atoms with E-state index in [1.807, 2.05) is 13.8 Å². The smallest absolute Gasteiger partial charge is 0.292 e. The number of carbonyl (C=O) groups is 1. The van der Waals surface area contributed by atoms with Gasteiger partial charge in [-0.05, 0) is 37.5 Å². The van der Waals surface area contributed by atoms with Crippen LogP contribution >= 0.6 is 0 Å². The number of para-hydroxylation sites is 2. The average molecular weight is 386 g/mol. The molecule has 5 heteroatoms. The Bertz CT molecular complexity index is 1030. The highest BCUT2D eigenvalue weighted by Crippen LogP contribution is 2.59. The molecule has 0 spiro atoms. The molecule has 0 aliphatic heterocycles. The maximum absolute atomic E-state index is 13.1. The SMILES string of the molecule is Cc1ccc(C2(c3ccc(C)cc3)CC2C(=O)Nc2ccccc2[N+](=O)[O-])cc1. The summed E-state index contributed by atoms with van der Waals surface area (Å²) in [5, 5.41) is 14.1. The second kappa shape index (κ2) is 7.17. The van der Waals surface area contributed by atoms with Crippen molar-refractivity contribution in [1.82, 2.24) is 0 Å². The van der Waals surface area contributed by atoms with Gasteiger partial charge in [0.2, 0.25) is 5.91 Å². The van der Waals surface area contributed by atoms with Crippen LogP contribution in [0.2, 0.25) is 0 Å². The molecule has 1 amide bonds. The fourth-order valence-electron chi connectivity index (χ4n) is 4.04. The van der Waals surface area contributed by atoms with E-state index in [2.05, 4.69) is 53.8 Å². The number of amides is 1. The van der Waals surface area contributed by atoms with Crippen molar-refractivity contribution >= 4 is 17.3 Å². The zero-order chi connectivity index (χ0) is 20.6. The molecule has 4 rings (SSSR count). The second-order valence-corrected chi connectivity index (χ2v) is 7.72. The van der Waals surface area contributed by atoms with Gasteiger partial charge in [0, 0.05) is 11.5 Å². The van der Waals surface area contributed by atoms with Crippen LogP contribution in [-0.2, 0) is 10.2 Å². The number of nitrogens with zero attached hydrogens (tertiary/aromatic N) is 1. The molecule has 146 valence electrons. The van der Waals surface area contributed by atoms with Gasteiger partial charge in [-0.25, -0.2) is 0 Å². The van der Waals surface area contributed by atoms with Gasteiger partial charge in [-0.15, -0.1) is 0 Å². The lowest BCUT2D eigenvalue weighted by atomic mass is 9.85. The number of rotatable bonds is 5. The molecule has 1 aliphatic carbocycles. The number of hydrogen-bond acceptors (Lipinski definition) is 3. The minimum Gasteiger partial charge on any atom is -0.320 e. The summed E-state index contributed by atoms with van der Waals surface area (Å²) >= 11 is 0. The Morgan fingerprint density at radius 3 is 1.97 bits per heavy atom. The van der Waals surface area contributed by atoms with Crippen LogP contribution in [-0.4, -0.2) is 10.8 Å². The van der Waals surface area contributed by atoms with Gasteiger partial charge in [-0.2, -0.15) is 0 Å². The minimum atomic E-state index is -0.476. The Labute approximate surface area is 169 Å². The highest BCUT2D eigenvalue weighted by molar-refractivity contribution is 5.98. The van der Waals surface area contributed by atoms with Gasteiger partial charge in [-0.1, -0.05) is 71.8 Å². The van der Waals surface area contributed by atoms with Gasteiger partial charge in [0.25, 0.3) is 5.69 Å². The van der Waals surface area contributed by atoms with Crippen molar-refractivity contribution < 1.29 is 9.72 Å². The van der Waals surface area contributed by atoms with E-state index >= 15 is 0 Å². The highest BCUT2D eigenvalue weighted by Gasteiger charge is 2.60. The molecule has 5 nitrogen and oxygen atoms in total. The summed E-state index contributed by atoms with van der Waals surface area (Å²) < 4.78 is 0. The summed E-state index contributed by atoms with van der Waals surface area (Å²) in [6.45, 7) is 4.07. The third kappa shape index (κ3) is 3.40. The maximum Gasteiger partial charge on any atom is 0.292 e. The number of aryl methyl sites for hydroxylation is 2. The number of nitro benzene ring substituents is 1. The summed E-state index contributed by atoms with van der Waals surface area (Å²) in [5.74, 6) is -0.479. The molecule has 1 N–H and O–H groups in total. The summed E-state index contributed by atoms with van der Waals surface area (Å²) in [7, 11) is 0. The van der Waals surface area contributed by atoms with E-state index in [0.29, 0.717) is 6.42 Å². The van der Waals surface area contributed by atoms with E-state index < -0.39 is 10.3 Å². The van der Waals surface area contributed by atoms with Crippen LogP contribution in [0.1, 0.15) is 28.7 Å². The monoisotopic (exact) mass is 386 g/mol. The minimum absolute atomic E-state index is 0.0993. The molecule has 1 unspecified atom stereocenters. The number of nitrogens with one attached hydrogen (secondary N) is 1. The van der Waals surface area contributed by atoms with Gasteiger partial charge >= 0.3 is 0 Å². The molecule has 3 aromatic rings. The first-order valence-corrected chi connectivity index (χ1v) is 9.60. The van der Waals surface area contributed by atoms with Crippen molar-refractivity contribution in [3.05, 3.63) is 105 Å². The number of nitro groups is 1. The molecule has 0 bridgehead atoms. The van der Waals surface area contributed by atoms with Crippen LogP contribution in [0.4, 0.5) is 11.4 Å². The lowest BCUT2D eigenvalue weighted by Gasteiger charge is -2.19. The number of carbonyl (C=O) groups excluding carboxylic acids is 1. The molecule has 1 atom stereocenters. The third-order valence-corrected chi connectivity index (χ3v) is 5.77. The van der Waals surface area contributed by atoms with Gasteiger partial charge in [-0.3, -0.25) is 14.9 Å². The molecular formula is C24H22N2O3. The van der Waals surface area contributed by atoms with E-state index in [9.17, 15) is 14.9 Å². The lowest BCUT2D eigenvalue weighted by molar-refractivity contribution is -0.383. The van der Waals surface area contributed by atoms with E-state index in [-0.39, 0.29) is 23.2 Å². The largest absolute Gasteiger partial charge is 0.320 e. The summed E-state index contributed by atoms with van der Waals surface area (Å²) in [6.07, 6.45) is 0.672. The van der Waals surface area contributed by atoms with E-state index in [0.717, 1.165) is 22.3 Å². The highest BCUT2D eigenvalue weighted by atomic mass is 16.6. The summed E-state index contributed by atoms with van der Waals surface area (Å²) in [4.78, 5) is 23.9. The van der Waals surface area contributed by atoms with E-state index in [4.69, 9.17) is 0 Å². The second-order valence-electron chi connectivity index (χ2n) is 7.72. The first kappa shape index (κ1) is 18.9. The van der Waals surface area contributed by atoms with Crippen LogP contribution in [0, 0.1) is 29.9 Å². The zero-order valence-electron chi connectivity index (χ0n) is 16.4. The number of benzene rings is 3.